The van der Waals surface area contributed by atoms with Gasteiger partial charge in [-0.1, -0.05) is 17.7 Å². The maximum atomic E-state index is 13.5. The maximum absolute atomic E-state index is 13.5. The van der Waals surface area contributed by atoms with Gasteiger partial charge < -0.3 is 15.8 Å². The highest BCUT2D eigenvalue weighted by Crippen LogP contribution is 2.42. The molecule has 196 valence electrons. The van der Waals surface area contributed by atoms with E-state index in [1.165, 1.54) is 23.9 Å². The average molecular weight is 533 g/mol. The Labute approximate surface area is 223 Å². The summed E-state index contributed by atoms with van der Waals surface area (Å²) >= 11 is 7.32. The van der Waals surface area contributed by atoms with Gasteiger partial charge in [0.1, 0.15) is 6.79 Å². The maximum Gasteiger partial charge on any atom is 0.176 e. The zero-order valence-corrected chi connectivity index (χ0v) is 23.3. The highest BCUT2D eigenvalue weighted by Gasteiger charge is 2.43. The lowest BCUT2D eigenvalue weighted by Crippen LogP contribution is -2.43. The number of rotatable bonds is 8. The number of benzene rings is 1. The van der Waals surface area contributed by atoms with Crippen molar-refractivity contribution in [1.82, 2.24) is 9.88 Å². The lowest BCUT2D eigenvalue weighted by molar-refractivity contribution is -0.0979. The van der Waals surface area contributed by atoms with Gasteiger partial charge in [-0.3, -0.25) is 9.88 Å². The van der Waals surface area contributed by atoms with Crippen LogP contribution in [0.2, 0.25) is 5.02 Å². The van der Waals surface area contributed by atoms with Gasteiger partial charge in [-0.25, -0.2) is 0 Å². The summed E-state index contributed by atoms with van der Waals surface area (Å²) < 4.78 is 13.5. The predicted molar refractivity (Wildman–Crippen MR) is 150 cm³/mol. The Bertz CT molecular complexity index is 1060. The van der Waals surface area contributed by atoms with E-state index in [9.17, 15) is 4.39 Å². The van der Waals surface area contributed by atoms with Crippen LogP contribution in [0, 0.1) is 17.5 Å². The van der Waals surface area contributed by atoms with Crippen LogP contribution in [-0.2, 0) is 16.8 Å². The predicted octanol–water partition coefficient (Wildman–Crippen LogP) is 6.31. The van der Waals surface area contributed by atoms with Crippen molar-refractivity contribution in [2.45, 2.75) is 45.6 Å². The van der Waals surface area contributed by atoms with Gasteiger partial charge in [-0.15, -0.1) is 11.3 Å². The molecule has 5 nitrogen and oxygen atoms in total. The first-order valence-corrected chi connectivity index (χ1v) is 13.2. The molecule has 1 aliphatic heterocycles. The van der Waals surface area contributed by atoms with E-state index in [1.54, 1.807) is 6.07 Å². The Morgan fingerprint density at radius 2 is 1.86 bits per heavy atom. The minimum absolute atomic E-state index is 0.0994. The number of hydrogen-bond donors (Lipinski definition) is 2. The van der Waals surface area contributed by atoms with E-state index >= 15 is 0 Å². The molecule has 2 aromatic heterocycles. The number of aromatic nitrogens is 1. The SMILES string of the molecule is C=O.CN.Cc1ccc(C(C)(C)N2CCC(CCc3ccc(F)s3)(CNc3ccc(Cl)cc3)C2)cn1. The molecule has 0 aliphatic carbocycles. The second-order valence-corrected chi connectivity index (χ2v) is 11.0. The molecule has 0 amide bonds. The number of likely N-dealkylation sites (tertiary alicyclic amines) is 1. The number of thiophene rings is 1. The lowest BCUT2D eigenvalue weighted by atomic mass is 9.81. The van der Waals surface area contributed by atoms with Crippen molar-refractivity contribution in [2.75, 3.05) is 32.0 Å². The van der Waals surface area contributed by atoms with Crippen LogP contribution in [-0.4, -0.2) is 43.4 Å². The molecule has 1 saturated heterocycles. The van der Waals surface area contributed by atoms with Crippen LogP contribution in [0.15, 0.2) is 54.7 Å². The topological polar surface area (TPSA) is 71.2 Å². The zero-order chi connectivity index (χ0) is 26.8. The van der Waals surface area contributed by atoms with Crippen molar-refractivity contribution in [3.63, 3.8) is 0 Å². The first-order valence-electron chi connectivity index (χ1n) is 12.0. The first-order chi connectivity index (χ1) is 17.3. The number of pyridine rings is 1. The van der Waals surface area contributed by atoms with E-state index in [4.69, 9.17) is 16.4 Å². The number of carbonyl (C=O) groups excluding carboxylic acids is 1. The molecule has 1 atom stereocenters. The van der Waals surface area contributed by atoms with Crippen molar-refractivity contribution in [2.24, 2.45) is 11.1 Å². The Kier molecular flexibility index (Phi) is 11.5. The fraction of sp³-hybridized carbons (Fsp3) is 0.429. The molecule has 0 radical (unpaired) electrons. The van der Waals surface area contributed by atoms with Gasteiger partial charge in [0.25, 0.3) is 0 Å². The van der Waals surface area contributed by atoms with E-state index < -0.39 is 0 Å². The second kappa shape index (κ2) is 13.8. The van der Waals surface area contributed by atoms with Crippen LogP contribution >= 0.6 is 22.9 Å². The lowest BCUT2D eigenvalue weighted by Gasteiger charge is -2.38. The number of hydrogen-bond acceptors (Lipinski definition) is 6. The van der Waals surface area contributed by atoms with Crippen molar-refractivity contribution >= 4 is 35.4 Å². The molecule has 1 aliphatic rings. The number of carbonyl (C=O) groups is 1. The summed E-state index contributed by atoms with van der Waals surface area (Å²) in [7, 11) is 1.50. The molecule has 36 heavy (non-hydrogen) atoms. The summed E-state index contributed by atoms with van der Waals surface area (Å²) in [5, 5.41) is 4.29. The molecule has 0 saturated carbocycles. The number of halogens is 2. The van der Waals surface area contributed by atoms with Crippen LogP contribution in [0.4, 0.5) is 10.1 Å². The van der Waals surface area contributed by atoms with E-state index in [-0.39, 0.29) is 16.1 Å². The summed E-state index contributed by atoms with van der Waals surface area (Å²) in [6.07, 6.45) is 5.03. The normalized spacial score (nSPS) is 17.5. The van der Waals surface area contributed by atoms with Gasteiger partial charge in [0, 0.05) is 51.5 Å². The van der Waals surface area contributed by atoms with Crippen molar-refractivity contribution in [1.29, 1.82) is 0 Å². The van der Waals surface area contributed by atoms with Crippen LogP contribution in [0.3, 0.4) is 0 Å². The van der Waals surface area contributed by atoms with E-state index in [0.717, 1.165) is 60.2 Å². The zero-order valence-electron chi connectivity index (χ0n) is 21.7. The third-order valence-electron chi connectivity index (χ3n) is 6.89. The minimum atomic E-state index is -0.102. The number of nitrogens with one attached hydrogen (secondary N) is 1. The Morgan fingerprint density at radius 3 is 2.44 bits per heavy atom. The summed E-state index contributed by atoms with van der Waals surface area (Å²) in [6.45, 7) is 11.5. The van der Waals surface area contributed by atoms with Crippen LogP contribution in [0.1, 0.15) is 42.8 Å². The molecule has 0 spiro atoms. The number of anilines is 1. The molecule has 3 aromatic rings. The monoisotopic (exact) mass is 532 g/mol. The molecule has 4 rings (SSSR count). The Balaban J connectivity index is 0.00000109. The summed E-state index contributed by atoms with van der Waals surface area (Å²) in [5.74, 6) is 0. The molecule has 0 bridgehead atoms. The van der Waals surface area contributed by atoms with Crippen LogP contribution in [0.25, 0.3) is 0 Å². The van der Waals surface area contributed by atoms with Gasteiger partial charge in [0.15, 0.2) is 5.13 Å². The average Bonchev–Trinajstić information content (AvgIpc) is 3.52. The van der Waals surface area contributed by atoms with E-state index in [1.807, 2.05) is 50.2 Å². The second-order valence-electron chi connectivity index (χ2n) is 9.49. The molecular weight excluding hydrogens is 495 g/mol. The third kappa shape index (κ3) is 7.84. The smallest absolute Gasteiger partial charge is 0.176 e. The molecule has 1 fully saturated rings. The summed E-state index contributed by atoms with van der Waals surface area (Å²) in [5.41, 5.74) is 7.87. The molecule has 3 heterocycles. The van der Waals surface area contributed by atoms with E-state index in [0.29, 0.717) is 0 Å². The highest BCUT2D eigenvalue weighted by atomic mass is 35.5. The van der Waals surface area contributed by atoms with E-state index in [2.05, 4.69) is 46.9 Å². The molecular formula is C28H38ClFN4OS. The van der Waals surface area contributed by atoms with Crippen LogP contribution < -0.4 is 11.1 Å². The van der Waals surface area contributed by atoms with Crippen LogP contribution in [0.5, 0.6) is 0 Å². The molecule has 1 unspecified atom stereocenters. The Morgan fingerprint density at radius 1 is 1.17 bits per heavy atom. The fourth-order valence-corrected chi connectivity index (χ4v) is 5.45. The van der Waals surface area contributed by atoms with Crippen molar-refractivity contribution in [3.05, 3.63) is 81.0 Å². The minimum Gasteiger partial charge on any atom is -0.384 e. The molecule has 8 heteroatoms. The summed E-state index contributed by atoms with van der Waals surface area (Å²) in [4.78, 5) is 16.2. The Hall–Kier alpha value is -2.32. The standard InChI is InChI=1S/C26H31ClFN3S.CH5N.CH2O/c1-19-4-5-20(16-29-19)25(2,3)31-15-14-26(18-31,13-12-23-10-11-24(28)32-23)17-30-22-8-6-21(27)7-9-22;2*1-2/h4-11,16,30H,12-15,17-18H2,1-3H3;2H2,1H3;1H2. The number of nitrogens with zero attached hydrogens (tertiary/aromatic N) is 2. The highest BCUT2D eigenvalue weighted by molar-refractivity contribution is 7.10. The quantitative estimate of drug-likeness (QED) is 0.356. The van der Waals surface area contributed by atoms with Gasteiger partial charge in [-0.05, 0) is 102 Å². The number of nitrogens with two attached hydrogens (primary N) is 1. The van der Waals surface area contributed by atoms with Gasteiger partial charge >= 0.3 is 0 Å². The van der Waals surface area contributed by atoms with Gasteiger partial charge in [0.2, 0.25) is 0 Å². The van der Waals surface area contributed by atoms with Gasteiger partial charge in [0.05, 0.1) is 0 Å². The first kappa shape index (κ1) is 29.9. The third-order valence-corrected chi connectivity index (χ3v) is 8.07. The fourth-order valence-electron chi connectivity index (χ4n) is 4.59. The molecule has 3 N–H and O–H groups in total. The number of aryl methyl sites for hydroxylation is 2. The van der Waals surface area contributed by atoms with Gasteiger partial charge in [-0.2, -0.15) is 4.39 Å². The summed E-state index contributed by atoms with van der Waals surface area (Å²) in [6, 6.07) is 15.7. The largest absolute Gasteiger partial charge is 0.384 e. The van der Waals surface area contributed by atoms with Crippen molar-refractivity contribution in [3.8, 4) is 0 Å². The van der Waals surface area contributed by atoms with Crippen molar-refractivity contribution < 1.29 is 9.18 Å². The molecule has 1 aromatic carbocycles.